The van der Waals surface area contributed by atoms with Crippen LogP contribution in [0, 0.1) is 0 Å². The second-order valence-corrected chi connectivity index (χ2v) is 6.21. The number of nitrogens with zero attached hydrogens (tertiary/aromatic N) is 3. The van der Waals surface area contributed by atoms with Crippen LogP contribution in [0.1, 0.15) is 18.9 Å². The van der Waals surface area contributed by atoms with Gasteiger partial charge in [0.2, 0.25) is 5.91 Å². The number of pyridine rings is 1. The molecule has 6 heteroatoms. The summed E-state index contributed by atoms with van der Waals surface area (Å²) in [5, 5.41) is 0.441. The fourth-order valence-corrected chi connectivity index (χ4v) is 2.86. The minimum absolute atomic E-state index is 0.0441. The fraction of sp³-hybridized carbons (Fsp3) is 0.235. The van der Waals surface area contributed by atoms with Gasteiger partial charge in [0.05, 0.1) is 12.0 Å². The van der Waals surface area contributed by atoms with Gasteiger partial charge in [-0.25, -0.2) is 9.98 Å². The largest absolute Gasteiger partial charge is 0.369 e. The molecule has 0 spiro atoms. The molecule has 1 aromatic carbocycles. The van der Waals surface area contributed by atoms with Gasteiger partial charge in [0.15, 0.2) is 5.96 Å². The predicted octanol–water partition coefficient (Wildman–Crippen LogP) is 2.79. The van der Waals surface area contributed by atoms with Crippen molar-refractivity contribution in [3.05, 3.63) is 53.3 Å². The Hall–Kier alpha value is -2.40. The van der Waals surface area contributed by atoms with Crippen LogP contribution >= 0.6 is 11.6 Å². The number of hydrogen-bond donors (Lipinski definition) is 1. The van der Waals surface area contributed by atoms with Crippen molar-refractivity contribution < 1.29 is 4.79 Å². The zero-order valence-electron chi connectivity index (χ0n) is 13.0. The van der Waals surface area contributed by atoms with Crippen LogP contribution in [0.3, 0.4) is 0 Å². The van der Waals surface area contributed by atoms with Crippen molar-refractivity contribution in [3.63, 3.8) is 0 Å². The number of aromatic nitrogens is 1. The van der Waals surface area contributed by atoms with Gasteiger partial charge in [-0.2, -0.15) is 0 Å². The van der Waals surface area contributed by atoms with Gasteiger partial charge in [-0.3, -0.25) is 9.69 Å². The van der Waals surface area contributed by atoms with Crippen LogP contribution in [-0.2, 0) is 10.3 Å². The number of aliphatic imine (C=N–C) groups is 1. The van der Waals surface area contributed by atoms with Crippen molar-refractivity contribution in [1.29, 1.82) is 0 Å². The Balaban J connectivity index is 2.05. The molecule has 1 unspecified atom stereocenters. The molecule has 118 valence electrons. The number of carbonyl (C=O) groups is 1. The van der Waals surface area contributed by atoms with Gasteiger partial charge < -0.3 is 5.73 Å². The summed E-state index contributed by atoms with van der Waals surface area (Å²) >= 11 is 5.97. The van der Waals surface area contributed by atoms with Gasteiger partial charge in [0.1, 0.15) is 5.15 Å². The fourth-order valence-electron chi connectivity index (χ4n) is 2.69. The summed E-state index contributed by atoms with van der Waals surface area (Å²) in [6.45, 7) is 1.92. The summed E-state index contributed by atoms with van der Waals surface area (Å²) in [7, 11) is 1.64. The van der Waals surface area contributed by atoms with Gasteiger partial charge in [-0.05, 0) is 41.8 Å². The van der Waals surface area contributed by atoms with Crippen LogP contribution < -0.4 is 5.73 Å². The Kier molecular flexibility index (Phi) is 3.82. The molecule has 1 aromatic heterocycles. The van der Waals surface area contributed by atoms with E-state index in [-0.39, 0.29) is 18.3 Å². The monoisotopic (exact) mass is 328 g/mol. The van der Waals surface area contributed by atoms with E-state index < -0.39 is 5.54 Å². The molecule has 0 radical (unpaired) electrons. The molecule has 23 heavy (non-hydrogen) atoms. The molecule has 1 amide bonds. The van der Waals surface area contributed by atoms with Gasteiger partial charge in [-0.1, -0.05) is 29.8 Å². The highest BCUT2D eigenvalue weighted by molar-refractivity contribution is 6.29. The van der Waals surface area contributed by atoms with Gasteiger partial charge in [-0.15, -0.1) is 0 Å². The summed E-state index contributed by atoms with van der Waals surface area (Å²) in [6, 6.07) is 11.6. The molecule has 5 nitrogen and oxygen atoms in total. The van der Waals surface area contributed by atoms with E-state index in [9.17, 15) is 4.79 Å². The number of guanidine groups is 1. The highest BCUT2D eigenvalue weighted by atomic mass is 35.5. The summed E-state index contributed by atoms with van der Waals surface area (Å²) in [4.78, 5) is 22.0. The minimum Gasteiger partial charge on any atom is -0.369 e. The Labute approximate surface area is 139 Å². The van der Waals surface area contributed by atoms with Crippen LogP contribution in [-0.4, -0.2) is 28.8 Å². The van der Waals surface area contributed by atoms with Crippen molar-refractivity contribution >= 4 is 23.5 Å². The van der Waals surface area contributed by atoms with Crippen LogP contribution in [0.5, 0.6) is 0 Å². The van der Waals surface area contributed by atoms with Crippen molar-refractivity contribution in [2.24, 2.45) is 10.7 Å². The molecule has 1 aliphatic rings. The highest BCUT2D eigenvalue weighted by Gasteiger charge is 2.36. The lowest BCUT2D eigenvalue weighted by Crippen LogP contribution is -2.47. The molecule has 2 N–H and O–H groups in total. The van der Waals surface area contributed by atoms with E-state index in [4.69, 9.17) is 17.3 Å². The highest BCUT2D eigenvalue weighted by Crippen LogP contribution is 2.35. The average molecular weight is 329 g/mol. The van der Waals surface area contributed by atoms with E-state index in [2.05, 4.69) is 9.98 Å². The zero-order valence-corrected chi connectivity index (χ0v) is 13.7. The van der Waals surface area contributed by atoms with E-state index in [1.165, 1.54) is 4.90 Å². The number of amides is 1. The van der Waals surface area contributed by atoms with Crippen molar-refractivity contribution in [2.45, 2.75) is 18.9 Å². The van der Waals surface area contributed by atoms with E-state index in [1.807, 2.05) is 37.3 Å². The lowest BCUT2D eigenvalue weighted by atomic mass is 9.86. The second-order valence-electron chi connectivity index (χ2n) is 5.82. The summed E-state index contributed by atoms with van der Waals surface area (Å²) in [5.41, 5.74) is 8.11. The van der Waals surface area contributed by atoms with E-state index in [1.54, 1.807) is 19.3 Å². The van der Waals surface area contributed by atoms with Gasteiger partial charge >= 0.3 is 0 Å². The molecule has 2 heterocycles. The predicted molar refractivity (Wildman–Crippen MR) is 91.0 cm³/mol. The van der Waals surface area contributed by atoms with Gasteiger partial charge in [0.25, 0.3) is 0 Å². The number of carbonyl (C=O) groups excluding carboxylic acids is 1. The van der Waals surface area contributed by atoms with Crippen molar-refractivity contribution in [1.82, 2.24) is 9.88 Å². The maximum absolute atomic E-state index is 12.1. The lowest BCUT2D eigenvalue weighted by Gasteiger charge is -2.33. The third-order valence-electron chi connectivity index (χ3n) is 4.12. The Bertz CT molecular complexity index is 805. The minimum atomic E-state index is -0.666. The first-order chi connectivity index (χ1) is 10.9. The third kappa shape index (κ3) is 2.92. The number of benzene rings is 1. The first-order valence-corrected chi connectivity index (χ1v) is 7.61. The molecule has 3 rings (SSSR count). The van der Waals surface area contributed by atoms with E-state index in [0.29, 0.717) is 5.15 Å². The molecule has 2 aromatic rings. The number of nitrogens with two attached hydrogens (primary N) is 1. The van der Waals surface area contributed by atoms with Crippen LogP contribution in [0.15, 0.2) is 47.6 Å². The smallest absolute Gasteiger partial charge is 0.231 e. The number of hydrogen-bond acceptors (Lipinski definition) is 4. The molecule has 1 aliphatic heterocycles. The Morgan fingerprint density at radius 3 is 2.70 bits per heavy atom. The summed E-state index contributed by atoms with van der Waals surface area (Å²) in [5.74, 6) is 0.193. The normalized spacial score (nSPS) is 21.3. The first kappa shape index (κ1) is 15.5. The maximum Gasteiger partial charge on any atom is 0.231 e. The van der Waals surface area contributed by atoms with Gasteiger partial charge in [0, 0.05) is 13.2 Å². The molecule has 0 saturated carbocycles. The molecule has 1 atom stereocenters. The Morgan fingerprint density at radius 1 is 1.26 bits per heavy atom. The van der Waals surface area contributed by atoms with E-state index >= 15 is 0 Å². The number of halogens is 1. The Morgan fingerprint density at radius 2 is 2.00 bits per heavy atom. The quantitative estimate of drug-likeness (QED) is 0.862. The van der Waals surface area contributed by atoms with Crippen molar-refractivity contribution in [3.8, 4) is 11.1 Å². The average Bonchev–Trinajstić information content (AvgIpc) is 2.53. The van der Waals surface area contributed by atoms with Crippen LogP contribution in [0.25, 0.3) is 11.1 Å². The molecule has 0 aliphatic carbocycles. The van der Waals surface area contributed by atoms with Crippen LogP contribution in [0.4, 0.5) is 0 Å². The molecule has 0 bridgehead atoms. The molecule has 0 fully saturated rings. The van der Waals surface area contributed by atoms with Crippen LogP contribution in [0.2, 0.25) is 5.15 Å². The first-order valence-electron chi connectivity index (χ1n) is 7.23. The SMILES string of the molecule is CN1C(=O)CC(C)(c2cccc(-c3ccnc(Cl)c3)c2)N=C1N. The third-order valence-corrected chi connectivity index (χ3v) is 4.33. The number of rotatable bonds is 2. The topological polar surface area (TPSA) is 71.6 Å². The van der Waals surface area contributed by atoms with E-state index in [0.717, 1.165) is 16.7 Å². The summed E-state index contributed by atoms with van der Waals surface area (Å²) < 4.78 is 0. The molecular formula is C17H17ClN4O. The lowest BCUT2D eigenvalue weighted by molar-refractivity contribution is -0.128. The van der Waals surface area contributed by atoms with Crippen molar-refractivity contribution in [2.75, 3.05) is 7.05 Å². The standard InChI is InChI=1S/C17H17ClN4O/c1-17(10-15(23)22(2)16(19)21-17)13-5-3-4-11(8-13)12-6-7-20-14(18)9-12/h3-9H,10H2,1-2H3,(H2,19,21). The summed E-state index contributed by atoms with van der Waals surface area (Å²) in [6.07, 6.45) is 1.95. The zero-order chi connectivity index (χ0) is 16.6. The maximum atomic E-state index is 12.1. The molecule has 0 saturated heterocycles. The second kappa shape index (κ2) is 5.66. The molecular weight excluding hydrogens is 312 g/mol.